The maximum absolute atomic E-state index is 14.9. The van der Waals surface area contributed by atoms with Gasteiger partial charge in [-0.3, -0.25) is 19.3 Å². The van der Waals surface area contributed by atoms with Crippen LogP contribution in [0.25, 0.3) is 22.3 Å². The zero-order valence-corrected chi connectivity index (χ0v) is 39.2. The standard InChI is InChI=1S/C47H63ClN6O8S/c1-8-29-23-47(29,26(4)55)53-43(57)34-21-31(20-33(34)41(56)42(46(5,6)7)52-45(58)62-30-18-27-17-28(27)19-30)61-38-22-35(36-24-63-44(51-36)49-25(2)3)50-40-32(38)9-10-37(39(40)48)60-16-13-54-11-14-59-15-12-54/h9-10,22,24-25,27-31,33-34,42H,8,11-21,23H2,1-7H3,(H,49,51)(H,52,58)(H,53,57)/t27-,28+,29?,30+,31-,33?,34+,42+,47-/m0/s1. The highest BCUT2D eigenvalue weighted by Crippen LogP contribution is 2.53. The van der Waals surface area contributed by atoms with Crippen LogP contribution in [0.1, 0.15) is 93.4 Å². The highest BCUT2D eigenvalue weighted by molar-refractivity contribution is 7.14. The molecule has 5 aliphatic rings. The van der Waals surface area contributed by atoms with Gasteiger partial charge >= 0.3 is 6.09 Å². The number of morpholine rings is 1. The molecule has 16 heteroatoms. The summed E-state index contributed by atoms with van der Waals surface area (Å²) in [5.74, 6) is -0.132. The van der Waals surface area contributed by atoms with Crippen LogP contribution in [0.15, 0.2) is 23.6 Å². The second kappa shape index (κ2) is 18.4. The number of halogens is 1. The number of hydrogen-bond donors (Lipinski definition) is 3. The van der Waals surface area contributed by atoms with Crippen LogP contribution < -0.4 is 25.4 Å². The molecule has 1 saturated heterocycles. The molecule has 3 aromatic rings. The number of fused-ring (bicyclic) bond motifs is 2. The Labute approximate surface area is 379 Å². The number of pyridine rings is 1. The van der Waals surface area contributed by atoms with Crippen LogP contribution in [0.3, 0.4) is 0 Å². The van der Waals surface area contributed by atoms with Crippen molar-refractivity contribution in [2.45, 2.75) is 123 Å². The number of carbonyl (C=O) groups excluding carboxylic acids is 4. The van der Waals surface area contributed by atoms with Gasteiger partial charge in [0, 0.05) is 48.4 Å². The number of amides is 2. The van der Waals surface area contributed by atoms with E-state index in [0.717, 1.165) is 44.0 Å². The maximum atomic E-state index is 14.9. The van der Waals surface area contributed by atoms with E-state index in [1.807, 2.05) is 65.1 Å². The quantitative estimate of drug-likeness (QED) is 0.121. The second-order valence-corrected chi connectivity index (χ2v) is 21.0. The lowest BCUT2D eigenvalue weighted by Gasteiger charge is -2.33. The summed E-state index contributed by atoms with van der Waals surface area (Å²) in [6.45, 7) is 17.5. The van der Waals surface area contributed by atoms with Crippen LogP contribution in [0.2, 0.25) is 5.02 Å². The van der Waals surface area contributed by atoms with Crippen molar-refractivity contribution in [2.24, 2.45) is 35.0 Å². The largest absolute Gasteiger partial charge is 0.491 e. The van der Waals surface area contributed by atoms with E-state index in [2.05, 4.69) is 20.9 Å². The summed E-state index contributed by atoms with van der Waals surface area (Å²) in [6, 6.07) is 4.76. The number of anilines is 1. The third-order valence-corrected chi connectivity index (χ3v) is 14.9. The Hall–Kier alpha value is -4.05. The predicted octanol–water partition coefficient (Wildman–Crippen LogP) is 7.70. The first-order valence-electron chi connectivity index (χ1n) is 22.8. The molecule has 5 fully saturated rings. The Morgan fingerprint density at radius 3 is 2.38 bits per heavy atom. The highest BCUT2D eigenvalue weighted by atomic mass is 35.5. The molecule has 3 heterocycles. The Balaban J connectivity index is 1.09. The van der Waals surface area contributed by atoms with Gasteiger partial charge < -0.3 is 34.9 Å². The fourth-order valence-corrected chi connectivity index (χ4v) is 11.1. The number of Topliss-reactive ketones (excluding diaryl/α,β-unsaturated/α-hetero) is 2. The maximum Gasteiger partial charge on any atom is 0.408 e. The van der Waals surface area contributed by atoms with Gasteiger partial charge in [0.2, 0.25) is 5.91 Å². The minimum atomic E-state index is -0.947. The van der Waals surface area contributed by atoms with Crippen LogP contribution >= 0.6 is 22.9 Å². The van der Waals surface area contributed by atoms with E-state index < -0.39 is 41.0 Å². The number of nitrogens with zero attached hydrogens (tertiary/aromatic N) is 3. The van der Waals surface area contributed by atoms with Crippen LogP contribution in [0.5, 0.6) is 11.5 Å². The second-order valence-electron chi connectivity index (χ2n) is 19.8. The van der Waals surface area contributed by atoms with Crippen LogP contribution in [-0.4, -0.2) is 108 Å². The summed E-state index contributed by atoms with van der Waals surface area (Å²) in [4.78, 5) is 67.9. The van der Waals surface area contributed by atoms with Crippen molar-refractivity contribution in [2.75, 3.05) is 44.8 Å². The Morgan fingerprint density at radius 2 is 1.71 bits per heavy atom. The number of hydrogen-bond acceptors (Lipinski definition) is 13. The van der Waals surface area contributed by atoms with E-state index in [9.17, 15) is 19.2 Å². The van der Waals surface area contributed by atoms with Crippen LogP contribution in [0, 0.1) is 35.0 Å². The molecule has 1 aromatic carbocycles. The topological polar surface area (TPSA) is 170 Å². The van der Waals surface area contributed by atoms with Crippen LogP contribution in [0.4, 0.5) is 9.93 Å². The van der Waals surface area contributed by atoms with Gasteiger partial charge in [0.05, 0.1) is 36.4 Å². The Morgan fingerprint density at radius 1 is 0.984 bits per heavy atom. The molecular weight excluding hydrogens is 844 g/mol. The zero-order valence-electron chi connectivity index (χ0n) is 37.6. The van der Waals surface area contributed by atoms with E-state index >= 15 is 0 Å². The molecule has 4 aliphatic carbocycles. The fourth-order valence-electron chi connectivity index (χ4n) is 10.0. The molecule has 0 bridgehead atoms. The normalized spacial score (nSPS) is 28.3. The average Bonchev–Trinajstić information content (AvgIpc) is 3.91. The number of thiazole rings is 1. The molecule has 63 heavy (non-hydrogen) atoms. The molecule has 2 amide bonds. The smallest absolute Gasteiger partial charge is 0.408 e. The summed E-state index contributed by atoms with van der Waals surface area (Å²) in [5, 5.41) is 13.0. The number of nitrogens with one attached hydrogen (secondary N) is 3. The van der Waals surface area contributed by atoms with Gasteiger partial charge in [0.15, 0.2) is 16.7 Å². The molecule has 2 unspecified atom stereocenters. The summed E-state index contributed by atoms with van der Waals surface area (Å²) < 4.78 is 24.5. The van der Waals surface area contributed by atoms with E-state index in [1.165, 1.54) is 24.7 Å². The molecule has 4 saturated carbocycles. The molecule has 14 nitrogen and oxygen atoms in total. The van der Waals surface area contributed by atoms with E-state index in [4.69, 9.17) is 40.5 Å². The molecule has 9 atom stereocenters. The van der Waals surface area contributed by atoms with Gasteiger partial charge in [-0.25, -0.2) is 14.8 Å². The lowest BCUT2D eigenvalue weighted by atomic mass is 9.77. The fraction of sp³-hybridized carbons (Fsp3) is 0.660. The molecule has 8 rings (SSSR count). The van der Waals surface area contributed by atoms with Crippen molar-refractivity contribution in [1.29, 1.82) is 0 Å². The molecule has 0 spiro atoms. The van der Waals surface area contributed by atoms with Gasteiger partial charge in [-0.15, -0.1) is 11.3 Å². The molecule has 0 radical (unpaired) electrons. The number of benzene rings is 1. The first-order chi connectivity index (χ1) is 30.0. The van der Waals surface area contributed by atoms with Gasteiger partial charge in [0.1, 0.15) is 46.6 Å². The number of ether oxygens (including phenoxy) is 4. The molecule has 3 N–H and O–H groups in total. The van der Waals surface area contributed by atoms with Gasteiger partial charge in [-0.1, -0.05) is 45.7 Å². The Kier molecular flexibility index (Phi) is 13.3. The van der Waals surface area contributed by atoms with Crippen molar-refractivity contribution >= 4 is 62.5 Å². The van der Waals surface area contributed by atoms with Gasteiger partial charge in [0.25, 0.3) is 0 Å². The van der Waals surface area contributed by atoms with Crippen molar-refractivity contribution < 1.29 is 38.1 Å². The number of rotatable bonds is 17. The SMILES string of the molecule is CCC1C[C@]1(NC(=O)[C@@H]1C[C@@H](Oc2cc(-c3csc(NC(C)C)n3)nc3c(Cl)c(OCCN4CCOCC4)ccc23)CC1C(=O)[C@@H](NC(=O)O[C@@H]1C[C@@H]2C[C@@H]2C1)C(C)(C)C)C(C)=O. The van der Waals surface area contributed by atoms with E-state index in [-0.39, 0.29) is 48.4 Å². The number of carbonyl (C=O) groups is 4. The number of aromatic nitrogens is 2. The zero-order chi connectivity index (χ0) is 44.8. The predicted molar refractivity (Wildman–Crippen MR) is 242 cm³/mol. The van der Waals surface area contributed by atoms with Gasteiger partial charge in [-0.2, -0.15) is 0 Å². The molecule has 2 aromatic heterocycles. The molecule has 342 valence electrons. The highest BCUT2D eigenvalue weighted by Gasteiger charge is 2.59. The lowest BCUT2D eigenvalue weighted by molar-refractivity contribution is -0.136. The summed E-state index contributed by atoms with van der Waals surface area (Å²) in [7, 11) is 0. The lowest BCUT2D eigenvalue weighted by Crippen LogP contribution is -2.54. The number of ketones is 2. The number of alkyl carbamates (subject to hydrolysis) is 1. The van der Waals surface area contributed by atoms with Crippen molar-refractivity contribution in [3.63, 3.8) is 0 Å². The monoisotopic (exact) mass is 906 g/mol. The van der Waals surface area contributed by atoms with E-state index in [1.54, 1.807) is 0 Å². The molecule has 1 aliphatic heterocycles. The van der Waals surface area contributed by atoms with Crippen LogP contribution in [-0.2, 0) is 23.9 Å². The Bertz CT molecular complexity index is 2200. The van der Waals surface area contributed by atoms with E-state index in [0.29, 0.717) is 76.9 Å². The third-order valence-electron chi connectivity index (χ3n) is 13.8. The minimum absolute atomic E-state index is 0.0310. The van der Waals surface area contributed by atoms with Crippen molar-refractivity contribution in [3.05, 3.63) is 28.6 Å². The minimum Gasteiger partial charge on any atom is -0.491 e. The van der Waals surface area contributed by atoms with Gasteiger partial charge in [-0.05, 0) is 94.6 Å². The summed E-state index contributed by atoms with van der Waals surface area (Å²) in [5.41, 5.74) is -0.0130. The summed E-state index contributed by atoms with van der Waals surface area (Å²) in [6.07, 6.45) is 3.23. The molecular formula is C47H63ClN6O8S. The van der Waals surface area contributed by atoms with Crippen molar-refractivity contribution in [1.82, 2.24) is 25.5 Å². The summed E-state index contributed by atoms with van der Waals surface area (Å²) >= 11 is 8.61. The third kappa shape index (κ3) is 10.1. The first-order valence-corrected chi connectivity index (χ1v) is 24.1. The van der Waals surface area contributed by atoms with Crippen molar-refractivity contribution in [3.8, 4) is 22.9 Å². The first kappa shape index (κ1) is 45.5. The average molecular weight is 908 g/mol.